The molecule has 0 amide bonds. The lowest BCUT2D eigenvalue weighted by molar-refractivity contribution is -0.539. The summed E-state index contributed by atoms with van der Waals surface area (Å²) in [5.41, 5.74) is 9.89. The van der Waals surface area contributed by atoms with E-state index in [1.807, 2.05) is 26.0 Å². The average Bonchev–Trinajstić information content (AvgIpc) is 3.11. The van der Waals surface area contributed by atoms with Crippen LogP contribution in [0, 0.1) is 6.92 Å². The monoisotopic (exact) mass is 726 g/mol. The zero-order valence-electron chi connectivity index (χ0n) is 29.2. The third-order valence-electron chi connectivity index (χ3n) is 8.83. The van der Waals surface area contributed by atoms with Crippen molar-refractivity contribution in [2.45, 2.75) is 50.6 Å². The molecule has 0 aliphatic heterocycles. The molecule has 0 saturated carbocycles. The molecule has 0 radical (unpaired) electrons. The second-order valence-corrected chi connectivity index (χ2v) is 15.1. The van der Waals surface area contributed by atoms with Crippen LogP contribution in [-0.4, -0.2) is 55.9 Å². The van der Waals surface area contributed by atoms with Crippen molar-refractivity contribution in [3.05, 3.63) is 149 Å². The minimum absolute atomic E-state index is 0.125. The van der Waals surface area contributed by atoms with Crippen LogP contribution in [0.25, 0.3) is 5.57 Å². The number of rotatable bonds is 13. The maximum Gasteiger partial charge on any atom is 0.294 e. The van der Waals surface area contributed by atoms with Crippen molar-refractivity contribution in [3.8, 4) is 0 Å². The van der Waals surface area contributed by atoms with E-state index in [9.17, 15) is 25.9 Å². The maximum atomic E-state index is 11.7. The third-order valence-corrected chi connectivity index (χ3v) is 10.5. The second kappa shape index (κ2) is 16.0. The van der Waals surface area contributed by atoms with E-state index in [0.717, 1.165) is 62.6 Å². The Hall–Kier alpha value is -4.81. The molecule has 1 aliphatic carbocycles. The van der Waals surface area contributed by atoms with E-state index >= 15 is 0 Å². The maximum absolute atomic E-state index is 11.7. The van der Waals surface area contributed by atoms with Crippen LogP contribution < -0.4 is 10.2 Å². The number of hydrogen-bond acceptors (Lipinski definition) is 6. The third kappa shape index (κ3) is 9.30. The highest BCUT2D eigenvalue weighted by molar-refractivity contribution is 7.86. The molecule has 0 spiro atoms. The van der Waals surface area contributed by atoms with Gasteiger partial charge in [0.2, 0.25) is 0 Å². The Kier molecular flexibility index (Phi) is 11.8. The Morgan fingerprint density at radius 3 is 1.86 bits per heavy atom. The zero-order chi connectivity index (χ0) is 36.8. The van der Waals surface area contributed by atoms with Crippen LogP contribution in [0.4, 0.5) is 11.4 Å². The highest BCUT2D eigenvalue weighted by atomic mass is 32.2. The number of benzene rings is 4. The van der Waals surface area contributed by atoms with E-state index in [1.54, 1.807) is 12.1 Å². The quantitative estimate of drug-likeness (QED) is 0.0953. The average molecular weight is 727 g/mol. The van der Waals surface area contributed by atoms with Crippen molar-refractivity contribution >= 4 is 42.9 Å². The van der Waals surface area contributed by atoms with Gasteiger partial charge in [-0.3, -0.25) is 9.11 Å². The molecule has 4 aromatic rings. The van der Waals surface area contributed by atoms with Gasteiger partial charge in [0, 0.05) is 48.7 Å². The minimum atomic E-state index is -4.30. The molecule has 1 aliphatic rings. The van der Waals surface area contributed by atoms with E-state index < -0.39 is 20.2 Å². The molecule has 0 heterocycles. The number of aryl methyl sites for hydroxylation is 1. The van der Waals surface area contributed by atoms with Gasteiger partial charge in [-0.15, -0.1) is 0 Å². The summed E-state index contributed by atoms with van der Waals surface area (Å²) < 4.78 is 68.0. The molecule has 3 N–H and O–H groups in total. The van der Waals surface area contributed by atoms with Crippen LogP contribution in [-0.2, 0) is 33.3 Å². The fourth-order valence-electron chi connectivity index (χ4n) is 6.21. The predicted octanol–water partition coefficient (Wildman–Crippen LogP) is 7.55. The lowest BCUT2D eigenvalue weighted by Gasteiger charge is -2.24. The Morgan fingerprint density at radius 2 is 1.31 bits per heavy atom. The molecule has 51 heavy (non-hydrogen) atoms. The van der Waals surface area contributed by atoms with Gasteiger partial charge in [0.05, 0.1) is 9.79 Å². The van der Waals surface area contributed by atoms with Gasteiger partial charge in [-0.05, 0) is 122 Å². The van der Waals surface area contributed by atoms with E-state index in [1.165, 1.54) is 24.3 Å². The van der Waals surface area contributed by atoms with Crippen molar-refractivity contribution in [2.24, 2.45) is 0 Å². The number of anilines is 2. The summed E-state index contributed by atoms with van der Waals surface area (Å²) in [4.78, 5) is 1.89. The molecule has 0 unspecified atom stereocenters. The first-order chi connectivity index (χ1) is 24.3. The van der Waals surface area contributed by atoms with E-state index in [4.69, 9.17) is 0 Å². The fourth-order valence-corrected chi connectivity index (χ4v) is 7.31. The summed E-state index contributed by atoms with van der Waals surface area (Å²) in [5, 5.41) is 3.42. The number of nitrogens with one attached hydrogen (secondary N) is 1. The predicted molar refractivity (Wildman–Crippen MR) is 205 cm³/mol. The van der Waals surface area contributed by atoms with E-state index in [0.29, 0.717) is 26.2 Å². The Morgan fingerprint density at radius 1 is 0.725 bits per heavy atom. The van der Waals surface area contributed by atoms with Gasteiger partial charge in [0.25, 0.3) is 20.2 Å². The molecule has 0 bridgehead atoms. The summed E-state index contributed by atoms with van der Waals surface area (Å²) in [6.07, 6.45) is 8.34. The summed E-state index contributed by atoms with van der Waals surface area (Å²) in [6.45, 7) is 11.4. The highest BCUT2D eigenvalue weighted by Crippen LogP contribution is 2.33. The number of nitrogens with zero attached hydrogens (tertiary/aromatic N) is 2. The van der Waals surface area contributed by atoms with Gasteiger partial charge in [-0.2, -0.15) is 16.8 Å². The van der Waals surface area contributed by atoms with Gasteiger partial charge in [0.15, 0.2) is 12.3 Å². The molecule has 0 fully saturated rings. The Balaban J connectivity index is 1.50. The topological polar surface area (TPSA) is 127 Å². The van der Waals surface area contributed by atoms with Crippen LogP contribution >= 0.6 is 0 Å². The van der Waals surface area contributed by atoms with Crippen molar-refractivity contribution in [1.82, 2.24) is 0 Å². The van der Waals surface area contributed by atoms with Crippen LogP contribution in [0.15, 0.2) is 131 Å². The lowest BCUT2D eigenvalue weighted by Crippen LogP contribution is -2.22. The smallest absolute Gasteiger partial charge is 0.294 e. The molecular weight excluding hydrogens is 683 g/mol. The lowest BCUT2D eigenvalue weighted by atomic mass is 9.89. The van der Waals surface area contributed by atoms with Gasteiger partial charge < -0.3 is 10.2 Å². The SMILES string of the molecule is CCNc1ccc(C(=C2C=CC(=[N+](CC)Cc3cccc(S(=O)(=O)O)c3)C=C2)c2ccc(N(CC)Cc3cccc(S(=O)(=O)O)c3)cc2)cc1C. The number of hydrogen-bond donors (Lipinski definition) is 3. The van der Waals surface area contributed by atoms with Crippen molar-refractivity contribution in [2.75, 3.05) is 29.9 Å². The van der Waals surface area contributed by atoms with Crippen LogP contribution in [0.1, 0.15) is 48.6 Å². The standard InChI is InChI=1S/C40H43N3O6S2/c1-5-41-39-23-18-34(24-29(39)4)40(32-14-19-35(20-15-32)42(6-2)27-30-10-8-12-37(25-30)50(44,45)46)33-16-21-36(22-17-33)43(7-3)28-31-11-9-13-38(26-31)51(47,48)49/h8-26H,5-7,27-28H2,1-4H3,(H2,44,45,46,47,48,49)/p+1. The van der Waals surface area contributed by atoms with Crippen LogP contribution in [0.5, 0.6) is 0 Å². The van der Waals surface area contributed by atoms with Gasteiger partial charge in [0.1, 0.15) is 6.54 Å². The highest BCUT2D eigenvalue weighted by Gasteiger charge is 2.18. The summed E-state index contributed by atoms with van der Waals surface area (Å²) in [5.74, 6) is 0. The molecule has 5 rings (SSSR count). The summed E-state index contributed by atoms with van der Waals surface area (Å²) in [6, 6.07) is 27.5. The first-order valence-electron chi connectivity index (χ1n) is 16.9. The molecule has 266 valence electrons. The van der Waals surface area contributed by atoms with Gasteiger partial charge >= 0.3 is 0 Å². The molecule has 0 aromatic heterocycles. The van der Waals surface area contributed by atoms with Gasteiger partial charge in [-0.1, -0.05) is 42.5 Å². The Labute approximate surface area is 301 Å². The second-order valence-electron chi connectivity index (χ2n) is 12.3. The normalized spacial score (nSPS) is 13.0. The fraction of sp³-hybridized carbons (Fsp3) is 0.225. The van der Waals surface area contributed by atoms with Crippen molar-refractivity contribution < 1.29 is 30.5 Å². The van der Waals surface area contributed by atoms with Gasteiger partial charge in [-0.25, -0.2) is 4.58 Å². The van der Waals surface area contributed by atoms with E-state index in [2.05, 4.69) is 95.4 Å². The van der Waals surface area contributed by atoms with Crippen LogP contribution in [0.2, 0.25) is 0 Å². The molecular formula is C40H44N3O6S2+. The van der Waals surface area contributed by atoms with Crippen LogP contribution in [0.3, 0.4) is 0 Å². The minimum Gasteiger partial charge on any atom is -0.385 e. The van der Waals surface area contributed by atoms with E-state index in [-0.39, 0.29) is 9.79 Å². The largest absolute Gasteiger partial charge is 0.385 e. The van der Waals surface area contributed by atoms with Crippen molar-refractivity contribution in [1.29, 1.82) is 0 Å². The molecule has 4 aromatic carbocycles. The number of allylic oxidation sites excluding steroid dienone is 5. The molecule has 11 heteroatoms. The first-order valence-corrected chi connectivity index (χ1v) is 19.7. The summed E-state index contributed by atoms with van der Waals surface area (Å²) in [7, 11) is -8.59. The first kappa shape index (κ1) is 37.4. The Bertz CT molecular complexity index is 2240. The molecule has 0 saturated heterocycles. The summed E-state index contributed by atoms with van der Waals surface area (Å²) >= 11 is 0. The zero-order valence-corrected chi connectivity index (χ0v) is 30.9. The van der Waals surface area contributed by atoms with Crippen molar-refractivity contribution in [3.63, 3.8) is 0 Å². The molecule has 0 atom stereocenters. The molecule has 9 nitrogen and oxygen atoms in total.